The lowest BCUT2D eigenvalue weighted by Gasteiger charge is -2.05. The summed E-state index contributed by atoms with van der Waals surface area (Å²) in [5, 5.41) is 7.09. The maximum absolute atomic E-state index is 12.1. The van der Waals surface area contributed by atoms with Crippen LogP contribution >= 0.6 is 11.3 Å². The van der Waals surface area contributed by atoms with Crippen molar-refractivity contribution in [2.45, 2.75) is 37.9 Å². The summed E-state index contributed by atoms with van der Waals surface area (Å²) in [4.78, 5) is 3.25. The molecule has 20 heavy (non-hydrogen) atoms. The molecular weight excluding hydrogens is 294 g/mol. The molecule has 0 aliphatic heterocycles. The highest BCUT2D eigenvalue weighted by Gasteiger charge is 2.15. The minimum atomic E-state index is -3.46. The summed E-state index contributed by atoms with van der Waals surface area (Å²) in [5.74, 6) is 0. The Balaban J connectivity index is 1.98. The summed E-state index contributed by atoms with van der Waals surface area (Å²) in [6, 6.07) is 3.92. The van der Waals surface area contributed by atoms with Crippen molar-refractivity contribution in [1.82, 2.24) is 15.0 Å². The quantitative estimate of drug-likeness (QED) is 0.732. The molecule has 2 aromatic rings. The fraction of sp³-hybridized carbons (Fsp3) is 0.385. The number of thiophene rings is 1. The minimum absolute atomic E-state index is 0.272. The molecule has 2 rings (SSSR count). The maximum atomic E-state index is 12.1. The van der Waals surface area contributed by atoms with Crippen LogP contribution < -0.4 is 10.0 Å². The number of aromatic amines is 1. The van der Waals surface area contributed by atoms with Crippen LogP contribution in [0.15, 0.2) is 34.0 Å². The lowest BCUT2D eigenvalue weighted by molar-refractivity contribution is 0.580. The van der Waals surface area contributed by atoms with Crippen LogP contribution in [0.2, 0.25) is 0 Å². The predicted octanol–water partition coefficient (Wildman–Crippen LogP) is 2.05. The van der Waals surface area contributed by atoms with Crippen molar-refractivity contribution in [2.75, 3.05) is 0 Å². The van der Waals surface area contributed by atoms with Crippen molar-refractivity contribution >= 4 is 21.4 Å². The first kappa shape index (κ1) is 15.2. The molecular formula is C13H19N3O2S2. The Morgan fingerprint density at radius 2 is 2.15 bits per heavy atom. The van der Waals surface area contributed by atoms with E-state index in [0.29, 0.717) is 19.1 Å². The van der Waals surface area contributed by atoms with E-state index in [9.17, 15) is 8.42 Å². The van der Waals surface area contributed by atoms with Gasteiger partial charge >= 0.3 is 0 Å². The molecule has 0 fully saturated rings. The Labute approximate surface area is 123 Å². The fourth-order valence-electron chi connectivity index (χ4n) is 1.65. The molecule has 0 spiro atoms. The number of H-pyrrole nitrogens is 1. The summed E-state index contributed by atoms with van der Waals surface area (Å²) in [6.45, 7) is 5.03. The maximum Gasteiger partial charge on any atom is 0.242 e. The van der Waals surface area contributed by atoms with Crippen LogP contribution in [-0.2, 0) is 23.1 Å². The van der Waals surface area contributed by atoms with E-state index in [1.54, 1.807) is 17.4 Å². The van der Waals surface area contributed by atoms with Gasteiger partial charge in [0.15, 0.2) is 0 Å². The highest BCUT2D eigenvalue weighted by Crippen LogP contribution is 2.12. The van der Waals surface area contributed by atoms with Gasteiger partial charge in [-0.1, -0.05) is 13.8 Å². The number of hydrogen-bond acceptors (Lipinski definition) is 4. The summed E-state index contributed by atoms with van der Waals surface area (Å²) < 4.78 is 26.9. The van der Waals surface area contributed by atoms with Crippen LogP contribution in [0.1, 0.15) is 25.1 Å². The summed E-state index contributed by atoms with van der Waals surface area (Å²) in [7, 11) is -3.46. The second kappa shape index (κ2) is 6.53. The van der Waals surface area contributed by atoms with Gasteiger partial charge in [0, 0.05) is 31.0 Å². The second-order valence-corrected chi connectivity index (χ2v) is 7.40. The van der Waals surface area contributed by atoms with Gasteiger partial charge in [-0.25, -0.2) is 13.1 Å². The van der Waals surface area contributed by atoms with Crippen LogP contribution in [-0.4, -0.2) is 19.4 Å². The third-order valence-corrected chi connectivity index (χ3v) is 4.89. The molecule has 0 aliphatic rings. The van der Waals surface area contributed by atoms with E-state index < -0.39 is 10.0 Å². The molecule has 0 aliphatic carbocycles. The number of hydrogen-bond donors (Lipinski definition) is 3. The molecule has 0 radical (unpaired) electrons. The lowest BCUT2D eigenvalue weighted by atomic mass is 10.3. The molecule has 2 aromatic heterocycles. The van der Waals surface area contributed by atoms with E-state index in [2.05, 4.69) is 15.0 Å². The van der Waals surface area contributed by atoms with Gasteiger partial charge in [-0.3, -0.25) is 0 Å². The largest absolute Gasteiger partial charge is 0.363 e. The topological polar surface area (TPSA) is 74.0 Å². The van der Waals surface area contributed by atoms with Crippen molar-refractivity contribution in [3.05, 3.63) is 40.3 Å². The Hall–Kier alpha value is -1.15. The first-order valence-corrected chi connectivity index (χ1v) is 8.81. The van der Waals surface area contributed by atoms with Crippen LogP contribution in [0.25, 0.3) is 0 Å². The monoisotopic (exact) mass is 313 g/mol. The molecule has 0 aromatic carbocycles. The van der Waals surface area contributed by atoms with Gasteiger partial charge in [-0.05, 0) is 28.5 Å². The molecule has 0 atom stereocenters. The molecule has 7 heteroatoms. The van der Waals surface area contributed by atoms with Crippen LogP contribution in [0, 0.1) is 0 Å². The van der Waals surface area contributed by atoms with Crippen molar-refractivity contribution in [3.8, 4) is 0 Å². The van der Waals surface area contributed by atoms with E-state index in [-0.39, 0.29) is 4.90 Å². The van der Waals surface area contributed by atoms with Gasteiger partial charge in [-0.15, -0.1) is 0 Å². The molecule has 2 heterocycles. The fourth-order valence-corrected chi connectivity index (χ4v) is 3.35. The average molecular weight is 313 g/mol. The lowest BCUT2D eigenvalue weighted by Crippen LogP contribution is -2.23. The first-order valence-electron chi connectivity index (χ1n) is 6.39. The summed E-state index contributed by atoms with van der Waals surface area (Å²) >= 11 is 1.55. The highest BCUT2D eigenvalue weighted by atomic mass is 32.2. The highest BCUT2D eigenvalue weighted by molar-refractivity contribution is 7.89. The zero-order chi connectivity index (χ0) is 14.6. The van der Waals surface area contributed by atoms with Crippen LogP contribution in [0.3, 0.4) is 0 Å². The standard InChI is InChI=1S/C13H19N3O2S2/c1-10(2)14-7-12-5-13(8-15-12)20(17,18)16-6-11-3-4-19-9-11/h3-5,8-10,14-16H,6-7H2,1-2H3. The Morgan fingerprint density at radius 3 is 2.80 bits per heavy atom. The number of rotatable bonds is 7. The molecule has 0 saturated heterocycles. The number of sulfonamides is 1. The molecule has 0 unspecified atom stereocenters. The van der Waals surface area contributed by atoms with Crippen molar-refractivity contribution in [3.63, 3.8) is 0 Å². The van der Waals surface area contributed by atoms with Gasteiger partial charge in [0.1, 0.15) is 0 Å². The minimum Gasteiger partial charge on any atom is -0.363 e. The van der Waals surface area contributed by atoms with E-state index in [0.717, 1.165) is 11.3 Å². The molecule has 5 nitrogen and oxygen atoms in total. The van der Waals surface area contributed by atoms with Gasteiger partial charge in [-0.2, -0.15) is 11.3 Å². The SMILES string of the molecule is CC(C)NCc1cc(S(=O)(=O)NCc2ccsc2)c[nH]1. The zero-order valence-electron chi connectivity index (χ0n) is 11.5. The van der Waals surface area contributed by atoms with Gasteiger partial charge in [0.05, 0.1) is 4.90 Å². The number of nitrogens with one attached hydrogen (secondary N) is 3. The molecule has 110 valence electrons. The summed E-state index contributed by atoms with van der Waals surface area (Å²) in [5.41, 5.74) is 1.82. The normalized spacial score (nSPS) is 12.2. The second-order valence-electron chi connectivity index (χ2n) is 4.85. The van der Waals surface area contributed by atoms with Crippen LogP contribution in [0.5, 0.6) is 0 Å². The Bertz CT molecular complexity index is 630. The van der Waals surface area contributed by atoms with Gasteiger partial charge in [0.25, 0.3) is 0 Å². The smallest absolute Gasteiger partial charge is 0.242 e. The van der Waals surface area contributed by atoms with Crippen LogP contribution in [0.4, 0.5) is 0 Å². The van der Waals surface area contributed by atoms with E-state index in [1.165, 1.54) is 6.20 Å². The summed E-state index contributed by atoms with van der Waals surface area (Å²) in [6.07, 6.45) is 1.52. The molecule has 3 N–H and O–H groups in total. The Kier molecular flexibility index (Phi) is 4.98. The van der Waals surface area contributed by atoms with Crippen molar-refractivity contribution < 1.29 is 8.42 Å². The van der Waals surface area contributed by atoms with Crippen molar-refractivity contribution in [1.29, 1.82) is 0 Å². The average Bonchev–Trinajstić information content (AvgIpc) is 3.05. The molecule has 0 amide bonds. The molecule has 0 saturated carbocycles. The third-order valence-electron chi connectivity index (χ3n) is 2.77. The zero-order valence-corrected chi connectivity index (χ0v) is 13.1. The Morgan fingerprint density at radius 1 is 1.35 bits per heavy atom. The molecule has 0 bridgehead atoms. The van der Waals surface area contributed by atoms with Crippen molar-refractivity contribution in [2.24, 2.45) is 0 Å². The van der Waals surface area contributed by atoms with E-state index >= 15 is 0 Å². The van der Waals surface area contributed by atoms with E-state index in [4.69, 9.17) is 0 Å². The number of aromatic nitrogens is 1. The van der Waals surface area contributed by atoms with Gasteiger partial charge in [0.2, 0.25) is 10.0 Å². The first-order chi connectivity index (χ1) is 9.47. The van der Waals surface area contributed by atoms with E-state index in [1.807, 2.05) is 30.7 Å². The third kappa shape index (κ3) is 4.17. The predicted molar refractivity (Wildman–Crippen MR) is 81.1 cm³/mol. The van der Waals surface area contributed by atoms with Gasteiger partial charge < -0.3 is 10.3 Å².